The van der Waals surface area contributed by atoms with E-state index in [0.29, 0.717) is 6.42 Å². The molecule has 2 unspecified atom stereocenters. The maximum Gasteiger partial charge on any atom is 0.321 e. The van der Waals surface area contributed by atoms with Crippen LogP contribution in [-0.2, 0) is 33.1 Å². The van der Waals surface area contributed by atoms with Crippen molar-refractivity contribution in [1.29, 1.82) is 0 Å². The third-order valence-electron chi connectivity index (χ3n) is 2.95. The number of aliphatic carboxylic acids is 2. The molecule has 1 radical (unpaired) electrons. The Balaban J connectivity index is 0.000000522. The second-order valence-electron chi connectivity index (χ2n) is 4.64. The number of aromatic nitrogens is 1. The maximum atomic E-state index is 10.6. The van der Waals surface area contributed by atoms with Crippen LogP contribution >= 0.6 is 12.6 Å². The van der Waals surface area contributed by atoms with Crippen LogP contribution in [0.25, 0.3) is 10.9 Å². The summed E-state index contributed by atoms with van der Waals surface area (Å²) in [5.74, 6) is -1.79. The van der Waals surface area contributed by atoms with Crippen LogP contribution in [0, 0.1) is 0 Å². The van der Waals surface area contributed by atoms with Gasteiger partial charge in [0.05, 0.1) is 0 Å². The summed E-state index contributed by atoms with van der Waals surface area (Å²) in [5.41, 5.74) is 12.4. The number of benzene rings is 1. The van der Waals surface area contributed by atoms with Crippen molar-refractivity contribution >= 4 is 35.5 Å². The summed E-state index contributed by atoms with van der Waals surface area (Å²) in [5, 5.41) is 17.8. The molecule has 0 aliphatic carbocycles. The molecular formula is C14H19CuN3O4S. The van der Waals surface area contributed by atoms with E-state index in [9.17, 15) is 9.59 Å². The number of carbonyl (C=O) groups is 2. The van der Waals surface area contributed by atoms with Crippen molar-refractivity contribution in [3.8, 4) is 0 Å². The normalized spacial score (nSPS) is 12.5. The molecule has 9 heteroatoms. The molecule has 0 aliphatic rings. The van der Waals surface area contributed by atoms with Crippen molar-refractivity contribution in [1.82, 2.24) is 4.98 Å². The molecule has 0 aliphatic heterocycles. The summed E-state index contributed by atoms with van der Waals surface area (Å²) in [6.07, 6.45) is 2.16. The van der Waals surface area contributed by atoms with Crippen LogP contribution < -0.4 is 11.5 Å². The molecule has 1 aromatic heterocycles. The van der Waals surface area contributed by atoms with Gasteiger partial charge in [-0.3, -0.25) is 9.59 Å². The van der Waals surface area contributed by atoms with Gasteiger partial charge in [0.2, 0.25) is 0 Å². The van der Waals surface area contributed by atoms with Gasteiger partial charge in [-0.15, -0.1) is 0 Å². The Morgan fingerprint density at radius 1 is 1.13 bits per heavy atom. The van der Waals surface area contributed by atoms with E-state index in [0.717, 1.165) is 16.5 Å². The molecule has 2 atom stereocenters. The summed E-state index contributed by atoms with van der Waals surface area (Å²) in [6.45, 7) is 0. The van der Waals surface area contributed by atoms with Gasteiger partial charge in [-0.1, -0.05) is 18.2 Å². The first-order valence-electron chi connectivity index (χ1n) is 6.49. The number of carboxylic acid groups (broad SMARTS) is 2. The SMILES string of the molecule is NC(CS)C(=O)O.NC(Cc1c[nH]c2ccccc12)C(=O)O.[Cu]. The Bertz CT molecular complexity index is 650. The molecule has 0 saturated carbocycles. The van der Waals surface area contributed by atoms with Crippen LogP contribution in [0.15, 0.2) is 30.5 Å². The molecule has 0 fully saturated rings. The molecule has 0 spiro atoms. The smallest absolute Gasteiger partial charge is 0.321 e. The molecule has 0 saturated heterocycles. The predicted molar refractivity (Wildman–Crippen MR) is 87.1 cm³/mol. The Morgan fingerprint density at radius 2 is 1.70 bits per heavy atom. The Hall–Kier alpha value is -1.51. The van der Waals surface area contributed by atoms with Gasteiger partial charge in [-0.2, -0.15) is 12.6 Å². The van der Waals surface area contributed by atoms with Gasteiger partial charge in [0.15, 0.2) is 0 Å². The molecule has 23 heavy (non-hydrogen) atoms. The minimum atomic E-state index is -1.00. The quantitative estimate of drug-likeness (QED) is 0.324. The Morgan fingerprint density at radius 3 is 2.17 bits per heavy atom. The Labute approximate surface area is 149 Å². The van der Waals surface area contributed by atoms with Crippen LogP contribution in [0.5, 0.6) is 0 Å². The van der Waals surface area contributed by atoms with E-state index in [2.05, 4.69) is 17.6 Å². The molecule has 2 aromatic rings. The van der Waals surface area contributed by atoms with Gasteiger partial charge in [0.25, 0.3) is 0 Å². The average molecular weight is 389 g/mol. The zero-order valence-electron chi connectivity index (χ0n) is 12.1. The van der Waals surface area contributed by atoms with Crippen molar-refractivity contribution in [3.05, 3.63) is 36.0 Å². The largest absolute Gasteiger partial charge is 0.480 e. The van der Waals surface area contributed by atoms with E-state index in [1.807, 2.05) is 30.5 Å². The second-order valence-corrected chi connectivity index (χ2v) is 5.00. The number of aromatic amines is 1. The summed E-state index contributed by atoms with van der Waals surface area (Å²) < 4.78 is 0. The molecule has 0 bridgehead atoms. The number of hydrogen-bond donors (Lipinski definition) is 6. The maximum absolute atomic E-state index is 10.6. The van der Waals surface area contributed by atoms with Gasteiger partial charge >= 0.3 is 11.9 Å². The molecular weight excluding hydrogens is 370 g/mol. The molecule has 131 valence electrons. The van der Waals surface area contributed by atoms with E-state index in [4.69, 9.17) is 21.7 Å². The molecule has 7 nitrogen and oxygen atoms in total. The number of hydrogen-bond acceptors (Lipinski definition) is 5. The fourth-order valence-electron chi connectivity index (χ4n) is 1.70. The van der Waals surface area contributed by atoms with E-state index >= 15 is 0 Å². The summed E-state index contributed by atoms with van der Waals surface area (Å²) in [6, 6.07) is 6.10. The topological polar surface area (TPSA) is 142 Å². The van der Waals surface area contributed by atoms with Gasteiger partial charge < -0.3 is 26.7 Å². The fraction of sp³-hybridized carbons (Fsp3) is 0.286. The van der Waals surface area contributed by atoms with Crippen molar-refractivity contribution in [2.45, 2.75) is 18.5 Å². The van der Waals surface area contributed by atoms with E-state index in [-0.39, 0.29) is 22.8 Å². The van der Waals surface area contributed by atoms with Crippen LogP contribution in [0.1, 0.15) is 5.56 Å². The first-order chi connectivity index (χ1) is 10.4. The van der Waals surface area contributed by atoms with Crippen molar-refractivity contribution in [3.63, 3.8) is 0 Å². The second kappa shape index (κ2) is 10.3. The number of rotatable bonds is 5. The fourth-order valence-corrected chi connectivity index (χ4v) is 1.86. The molecule has 2 rings (SSSR count). The summed E-state index contributed by atoms with van der Waals surface area (Å²) >= 11 is 3.65. The molecule has 0 amide bonds. The van der Waals surface area contributed by atoms with Crippen LogP contribution in [0.2, 0.25) is 0 Å². The predicted octanol–water partition coefficient (Wildman–Crippen LogP) is 0.448. The summed E-state index contributed by atoms with van der Waals surface area (Å²) in [7, 11) is 0. The number of carboxylic acids is 2. The van der Waals surface area contributed by atoms with Gasteiger partial charge in [0.1, 0.15) is 12.1 Å². The molecule has 1 heterocycles. The minimum Gasteiger partial charge on any atom is -0.480 e. The number of fused-ring (bicyclic) bond motifs is 1. The van der Waals surface area contributed by atoms with E-state index in [1.54, 1.807) is 0 Å². The summed E-state index contributed by atoms with van der Waals surface area (Å²) in [4.78, 5) is 23.5. The first-order valence-corrected chi connectivity index (χ1v) is 7.12. The zero-order chi connectivity index (χ0) is 16.7. The van der Waals surface area contributed by atoms with E-state index < -0.39 is 24.0 Å². The number of nitrogens with one attached hydrogen (secondary N) is 1. The molecule has 7 N–H and O–H groups in total. The first kappa shape index (κ1) is 21.5. The minimum absolute atomic E-state index is 0. The van der Waals surface area contributed by atoms with Gasteiger partial charge in [-0.05, 0) is 11.6 Å². The van der Waals surface area contributed by atoms with Gasteiger partial charge in [-0.25, -0.2) is 0 Å². The van der Waals surface area contributed by atoms with Crippen molar-refractivity contribution in [2.75, 3.05) is 5.75 Å². The number of para-hydroxylation sites is 1. The number of nitrogens with two attached hydrogens (primary N) is 2. The zero-order valence-corrected chi connectivity index (χ0v) is 13.9. The monoisotopic (exact) mass is 388 g/mol. The third kappa shape index (κ3) is 6.64. The van der Waals surface area contributed by atoms with Crippen molar-refractivity contribution in [2.24, 2.45) is 11.5 Å². The van der Waals surface area contributed by atoms with E-state index in [1.165, 1.54) is 0 Å². The number of thiol groups is 1. The van der Waals surface area contributed by atoms with Crippen LogP contribution in [-0.4, -0.2) is 45.0 Å². The average Bonchev–Trinajstić information content (AvgIpc) is 2.90. The van der Waals surface area contributed by atoms with Crippen molar-refractivity contribution < 1.29 is 36.9 Å². The number of H-pyrrole nitrogens is 1. The third-order valence-corrected chi connectivity index (χ3v) is 3.34. The van der Waals surface area contributed by atoms with Crippen LogP contribution in [0.4, 0.5) is 0 Å². The Kier molecular flexibility index (Phi) is 9.62. The molecule has 1 aromatic carbocycles. The van der Waals surface area contributed by atoms with Crippen LogP contribution in [0.3, 0.4) is 0 Å². The standard InChI is InChI=1S/C11H12N2O2.C3H7NO2S.Cu/c12-9(11(14)15)5-7-6-13-10-4-2-1-3-8(7)10;4-2(1-7)3(5)6;/h1-4,6,9,13H,5,12H2,(H,14,15);2,7H,1,4H2,(H,5,6);. The van der Waals surface area contributed by atoms with Gasteiger partial charge in [0, 0.05) is 46.3 Å².